The third-order valence-corrected chi connectivity index (χ3v) is 4.99. The lowest BCUT2D eigenvalue weighted by Crippen LogP contribution is -2.36. The fourth-order valence-corrected chi connectivity index (χ4v) is 3.38. The summed E-state index contributed by atoms with van der Waals surface area (Å²) in [6.07, 6.45) is 1.65. The summed E-state index contributed by atoms with van der Waals surface area (Å²) in [5.74, 6) is 3.04. The zero-order chi connectivity index (χ0) is 20.6. The van der Waals surface area contributed by atoms with Gasteiger partial charge in [0.1, 0.15) is 6.26 Å². The van der Waals surface area contributed by atoms with Crippen LogP contribution in [0.25, 0.3) is 10.8 Å². The molecule has 0 saturated heterocycles. The molecule has 3 aromatic rings. The van der Waals surface area contributed by atoms with Gasteiger partial charge in [-0.25, -0.2) is 4.98 Å². The van der Waals surface area contributed by atoms with Crippen LogP contribution in [0.1, 0.15) is 11.3 Å². The Kier molecular flexibility index (Phi) is 6.96. The normalized spacial score (nSPS) is 11.2. The van der Waals surface area contributed by atoms with Gasteiger partial charge < -0.3 is 29.3 Å². The van der Waals surface area contributed by atoms with E-state index in [1.165, 1.54) is 0 Å². The van der Waals surface area contributed by atoms with Crippen molar-refractivity contribution >= 4 is 17.3 Å². The highest BCUT2D eigenvalue weighted by atomic mass is 32.1. The summed E-state index contributed by atoms with van der Waals surface area (Å²) in [6, 6.07) is 7.74. The van der Waals surface area contributed by atoms with Crippen LogP contribution in [0.4, 0.5) is 0 Å². The van der Waals surface area contributed by atoms with Crippen LogP contribution in [0.5, 0.6) is 17.2 Å². The van der Waals surface area contributed by atoms with Gasteiger partial charge in [-0.15, -0.1) is 11.3 Å². The number of aromatic nitrogens is 1. The molecule has 0 unspecified atom stereocenters. The zero-order valence-corrected chi connectivity index (χ0v) is 17.6. The molecule has 0 amide bonds. The first-order valence-electron chi connectivity index (χ1n) is 8.90. The van der Waals surface area contributed by atoms with Gasteiger partial charge in [-0.05, 0) is 29.1 Å². The minimum atomic E-state index is 0.490. The number of hydrogen-bond acceptors (Lipinski definition) is 7. The van der Waals surface area contributed by atoms with Crippen molar-refractivity contribution in [2.24, 2.45) is 4.99 Å². The highest BCUT2D eigenvalue weighted by molar-refractivity contribution is 7.13. The van der Waals surface area contributed by atoms with Crippen LogP contribution in [0.15, 0.2) is 45.3 Å². The third-order valence-electron chi connectivity index (χ3n) is 4.13. The van der Waals surface area contributed by atoms with Crippen molar-refractivity contribution in [1.29, 1.82) is 0 Å². The first-order chi connectivity index (χ1) is 14.2. The minimum Gasteiger partial charge on any atom is -0.493 e. The van der Waals surface area contributed by atoms with Gasteiger partial charge in [0.15, 0.2) is 17.5 Å². The van der Waals surface area contributed by atoms with Gasteiger partial charge in [0, 0.05) is 13.6 Å². The predicted molar refractivity (Wildman–Crippen MR) is 113 cm³/mol. The Balaban J connectivity index is 1.60. The zero-order valence-electron chi connectivity index (χ0n) is 16.8. The Morgan fingerprint density at radius 2 is 1.83 bits per heavy atom. The van der Waals surface area contributed by atoms with Gasteiger partial charge in [-0.1, -0.05) is 6.07 Å². The molecule has 9 heteroatoms. The van der Waals surface area contributed by atoms with E-state index >= 15 is 0 Å². The van der Waals surface area contributed by atoms with Gasteiger partial charge in [0.05, 0.1) is 38.4 Å². The highest BCUT2D eigenvalue weighted by Crippen LogP contribution is 2.38. The quantitative estimate of drug-likeness (QED) is 0.430. The van der Waals surface area contributed by atoms with Crippen LogP contribution in [0.3, 0.4) is 0 Å². The van der Waals surface area contributed by atoms with Crippen LogP contribution in [0.2, 0.25) is 0 Å². The third kappa shape index (κ3) is 5.00. The number of oxazole rings is 1. The summed E-state index contributed by atoms with van der Waals surface area (Å²) in [7, 11) is 6.48. The second-order valence-corrected chi connectivity index (χ2v) is 6.88. The molecule has 154 valence electrons. The summed E-state index contributed by atoms with van der Waals surface area (Å²) >= 11 is 1.59. The predicted octanol–water partition coefficient (Wildman–Crippen LogP) is 3.29. The lowest BCUT2D eigenvalue weighted by atomic mass is 10.2. The van der Waals surface area contributed by atoms with Crippen LogP contribution in [-0.4, -0.2) is 39.3 Å². The van der Waals surface area contributed by atoms with Gasteiger partial charge in [0.25, 0.3) is 0 Å². The van der Waals surface area contributed by atoms with Gasteiger partial charge in [-0.2, -0.15) is 0 Å². The summed E-state index contributed by atoms with van der Waals surface area (Å²) in [4.78, 5) is 9.74. The molecule has 0 aliphatic rings. The molecule has 0 aliphatic heterocycles. The molecule has 0 radical (unpaired) electrons. The Bertz CT molecular complexity index is 928. The molecule has 29 heavy (non-hydrogen) atoms. The monoisotopic (exact) mass is 416 g/mol. The molecule has 0 aliphatic carbocycles. The van der Waals surface area contributed by atoms with E-state index in [0.29, 0.717) is 42.2 Å². The number of nitrogens with one attached hydrogen (secondary N) is 2. The second kappa shape index (κ2) is 9.83. The molecule has 2 heterocycles. The molecular formula is C20H24N4O4S. The van der Waals surface area contributed by atoms with Crippen LogP contribution < -0.4 is 24.8 Å². The first-order valence-corrected chi connectivity index (χ1v) is 9.78. The molecule has 3 rings (SSSR count). The van der Waals surface area contributed by atoms with E-state index in [2.05, 4.69) is 20.6 Å². The van der Waals surface area contributed by atoms with Crippen molar-refractivity contribution in [1.82, 2.24) is 15.6 Å². The largest absolute Gasteiger partial charge is 0.493 e. The fourth-order valence-electron chi connectivity index (χ4n) is 2.72. The Morgan fingerprint density at radius 3 is 2.41 bits per heavy atom. The van der Waals surface area contributed by atoms with Crippen LogP contribution in [0, 0.1) is 0 Å². The SMILES string of the molecule is CN=C(NCc1cc(OC)c(OC)c(OC)c1)NCc1coc(-c2cccs2)n1. The second-order valence-electron chi connectivity index (χ2n) is 5.93. The fraction of sp³-hybridized carbons (Fsp3) is 0.300. The summed E-state index contributed by atoms with van der Waals surface area (Å²) in [5.41, 5.74) is 1.76. The minimum absolute atomic E-state index is 0.490. The van der Waals surface area contributed by atoms with Crippen molar-refractivity contribution in [2.75, 3.05) is 28.4 Å². The summed E-state index contributed by atoms with van der Waals surface area (Å²) in [5, 5.41) is 8.48. The molecule has 1 aromatic carbocycles. The van der Waals surface area contributed by atoms with E-state index < -0.39 is 0 Å². The Labute approximate surface area is 173 Å². The molecule has 0 saturated carbocycles. The highest BCUT2D eigenvalue weighted by Gasteiger charge is 2.13. The maximum atomic E-state index is 5.54. The number of aliphatic imine (C=N–C) groups is 1. The van der Waals surface area contributed by atoms with Crippen LogP contribution >= 0.6 is 11.3 Å². The molecular weight excluding hydrogens is 392 g/mol. The number of methoxy groups -OCH3 is 3. The summed E-state index contributed by atoms with van der Waals surface area (Å²) in [6.45, 7) is 1.01. The number of thiophene rings is 1. The number of guanidine groups is 1. The van der Waals surface area contributed by atoms with E-state index in [9.17, 15) is 0 Å². The molecule has 0 atom stereocenters. The van der Waals surface area contributed by atoms with Crippen molar-refractivity contribution in [2.45, 2.75) is 13.1 Å². The van der Waals surface area contributed by atoms with E-state index in [1.54, 1.807) is 46.0 Å². The molecule has 0 spiro atoms. The standard InChI is InChI=1S/C20H24N4O4S/c1-21-20(23-11-14-12-28-19(24-14)17-6-5-7-29-17)22-10-13-8-15(25-2)18(27-4)16(9-13)26-3/h5-9,12H,10-11H2,1-4H3,(H2,21,22,23). The smallest absolute Gasteiger partial charge is 0.236 e. The van der Waals surface area contributed by atoms with E-state index in [0.717, 1.165) is 16.1 Å². The molecule has 2 N–H and O–H groups in total. The van der Waals surface area contributed by atoms with Crippen molar-refractivity contribution in [3.05, 3.63) is 47.2 Å². The van der Waals surface area contributed by atoms with Crippen molar-refractivity contribution in [3.63, 3.8) is 0 Å². The number of benzene rings is 1. The van der Waals surface area contributed by atoms with E-state index in [-0.39, 0.29) is 0 Å². The molecule has 8 nitrogen and oxygen atoms in total. The Hall–Kier alpha value is -3.20. The average molecular weight is 417 g/mol. The van der Waals surface area contributed by atoms with Crippen LogP contribution in [-0.2, 0) is 13.1 Å². The van der Waals surface area contributed by atoms with Crippen molar-refractivity contribution in [3.8, 4) is 28.0 Å². The average Bonchev–Trinajstić information content (AvgIpc) is 3.44. The number of rotatable bonds is 8. The Morgan fingerprint density at radius 1 is 1.10 bits per heavy atom. The van der Waals surface area contributed by atoms with E-state index in [4.69, 9.17) is 18.6 Å². The van der Waals surface area contributed by atoms with Gasteiger partial charge in [0.2, 0.25) is 11.6 Å². The lowest BCUT2D eigenvalue weighted by Gasteiger charge is -2.15. The number of nitrogens with zero attached hydrogens (tertiary/aromatic N) is 2. The number of ether oxygens (including phenoxy) is 3. The first kappa shape index (κ1) is 20.5. The van der Waals surface area contributed by atoms with Crippen molar-refractivity contribution < 1.29 is 18.6 Å². The molecule has 2 aromatic heterocycles. The maximum Gasteiger partial charge on any atom is 0.236 e. The summed E-state index contributed by atoms with van der Waals surface area (Å²) < 4.78 is 21.7. The lowest BCUT2D eigenvalue weighted by molar-refractivity contribution is 0.323. The van der Waals surface area contributed by atoms with Gasteiger partial charge in [-0.3, -0.25) is 4.99 Å². The number of hydrogen-bond donors (Lipinski definition) is 2. The topological polar surface area (TPSA) is 90.1 Å². The maximum absolute atomic E-state index is 5.54. The van der Waals surface area contributed by atoms with E-state index in [1.807, 2.05) is 29.6 Å². The molecule has 0 fully saturated rings. The molecule has 0 bridgehead atoms. The van der Waals surface area contributed by atoms with Gasteiger partial charge >= 0.3 is 0 Å².